The van der Waals surface area contributed by atoms with Crippen LogP contribution in [0.3, 0.4) is 0 Å². The first-order valence-corrected chi connectivity index (χ1v) is 6.95. The van der Waals surface area contributed by atoms with Crippen LogP contribution in [0.5, 0.6) is 0 Å². The minimum atomic E-state index is 0.863. The molecular weight excluding hydrogens is 246 g/mol. The molecule has 18 heavy (non-hydrogen) atoms. The Morgan fingerprint density at radius 3 is 2.83 bits per heavy atom. The molecule has 0 bridgehead atoms. The highest BCUT2D eigenvalue weighted by Gasteiger charge is 2.17. The maximum atomic E-state index is 6.41. The van der Waals surface area contributed by atoms with Crippen LogP contribution in [0.15, 0.2) is 18.2 Å². The van der Waals surface area contributed by atoms with Gasteiger partial charge >= 0.3 is 0 Å². The van der Waals surface area contributed by atoms with E-state index in [2.05, 4.69) is 28.2 Å². The standard InChI is InChI=1S/C14H22ClN3/c1-16-11-12-5-3-6-13(15)14(12)18-8-4-7-17(2)9-10-18/h3,5-6,16H,4,7-11H2,1-2H3. The van der Waals surface area contributed by atoms with Gasteiger partial charge < -0.3 is 15.1 Å². The summed E-state index contributed by atoms with van der Waals surface area (Å²) in [5.41, 5.74) is 2.50. The number of likely N-dealkylation sites (N-methyl/N-ethyl adjacent to an activating group) is 1. The van der Waals surface area contributed by atoms with Crippen LogP contribution >= 0.6 is 11.6 Å². The van der Waals surface area contributed by atoms with Crippen molar-refractivity contribution in [3.05, 3.63) is 28.8 Å². The molecule has 0 unspecified atom stereocenters. The molecule has 1 N–H and O–H groups in total. The first-order valence-electron chi connectivity index (χ1n) is 6.58. The summed E-state index contributed by atoms with van der Waals surface area (Å²) in [5.74, 6) is 0. The number of hydrogen-bond acceptors (Lipinski definition) is 3. The Kier molecular flexibility index (Phi) is 4.87. The van der Waals surface area contributed by atoms with E-state index in [0.717, 1.165) is 31.2 Å². The number of hydrogen-bond donors (Lipinski definition) is 1. The lowest BCUT2D eigenvalue weighted by atomic mass is 10.1. The van der Waals surface area contributed by atoms with Gasteiger partial charge in [-0.3, -0.25) is 0 Å². The molecule has 2 rings (SSSR count). The number of anilines is 1. The second kappa shape index (κ2) is 6.41. The summed E-state index contributed by atoms with van der Waals surface area (Å²) in [5, 5.41) is 4.09. The van der Waals surface area contributed by atoms with E-state index in [1.165, 1.54) is 24.2 Å². The van der Waals surface area contributed by atoms with Crippen LogP contribution in [0, 0.1) is 0 Å². The largest absolute Gasteiger partial charge is 0.369 e. The Bertz CT molecular complexity index is 395. The molecule has 0 spiro atoms. The number of nitrogens with zero attached hydrogens (tertiary/aromatic N) is 2. The summed E-state index contributed by atoms with van der Waals surface area (Å²) in [7, 11) is 4.16. The van der Waals surface area contributed by atoms with E-state index in [1.54, 1.807) is 0 Å². The van der Waals surface area contributed by atoms with Gasteiger partial charge in [-0.05, 0) is 38.7 Å². The van der Waals surface area contributed by atoms with Crippen molar-refractivity contribution < 1.29 is 0 Å². The number of benzene rings is 1. The van der Waals surface area contributed by atoms with Gasteiger partial charge in [0.1, 0.15) is 0 Å². The van der Waals surface area contributed by atoms with Gasteiger partial charge in [-0.25, -0.2) is 0 Å². The molecule has 1 heterocycles. The van der Waals surface area contributed by atoms with Gasteiger partial charge in [-0.2, -0.15) is 0 Å². The monoisotopic (exact) mass is 267 g/mol. The quantitative estimate of drug-likeness (QED) is 0.906. The molecule has 0 saturated carbocycles. The molecule has 1 aromatic carbocycles. The maximum Gasteiger partial charge on any atom is 0.0642 e. The molecule has 0 amide bonds. The van der Waals surface area contributed by atoms with E-state index in [1.807, 2.05) is 19.2 Å². The zero-order chi connectivity index (χ0) is 13.0. The number of rotatable bonds is 3. The van der Waals surface area contributed by atoms with Crippen molar-refractivity contribution in [3.8, 4) is 0 Å². The van der Waals surface area contributed by atoms with Crippen molar-refractivity contribution in [3.63, 3.8) is 0 Å². The van der Waals surface area contributed by atoms with E-state index in [0.29, 0.717) is 0 Å². The van der Waals surface area contributed by atoms with Gasteiger partial charge in [-0.15, -0.1) is 0 Å². The molecule has 1 aromatic rings. The van der Waals surface area contributed by atoms with Crippen molar-refractivity contribution in [1.29, 1.82) is 0 Å². The average Bonchev–Trinajstić information content (AvgIpc) is 2.55. The van der Waals surface area contributed by atoms with Crippen LogP contribution in [0.2, 0.25) is 5.02 Å². The van der Waals surface area contributed by atoms with Crippen molar-refractivity contribution in [2.24, 2.45) is 0 Å². The molecular formula is C14H22ClN3. The maximum absolute atomic E-state index is 6.41. The molecule has 1 aliphatic rings. The summed E-state index contributed by atoms with van der Waals surface area (Å²) in [6, 6.07) is 6.18. The van der Waals surface area contributed by atoms with Crippen molar-refractivity contribution in [1.82, 2.24) is 10.2 Å². The topological polar surface area (TPSA) is 18.5 Å². The van der Waals surface area contributed by atoms with E-state index in [-0.39, 0.29) is 0 Å². The van der Waals surface area contributed by atoms with Gasteiger partial charge in [0, 0.05) is 26.2 Å². The summed E-state index contributed by atoms with van der Waals surface area (Å²) in [4.78, 5) is 4.81. The lowest BCUT2D eigenvalue weighted by molar-refractivity contribution is 0.360. The van der Waals surface area contributed by atoms with Gasteiger partial charge in [0.2, 0.25) is 0 Å². The minimum absolute atomic E-state index is 0.863. The van der Waals surface area contributed by atoms with Crippen molar-refractivity contribution in [2.75, 3.05) is 45.2 Å². The molecule has 0 aliphatic carbocycles. The third kappa shape index (κ3) is 3.16. The van der Waals surface area contributed by atoms with Crippen LogP contribution in [0.25, 0.3) is 0 Å². The highest BCUT2D eigenvalue weighted by Crippen LogP contribution is 2.30. The summed E-state index contributed by atoms with van der Waals surface area (Å²) in [6.45, 7) is 5.27. The van der Waals surface area contributed by atoms with Gasteiger partial charge in [-0.1, -0.05) is 23.7 Å². The first-order chi connectivity index (χ1) is 8.72. The SMILES string of the molecule is CNCc1cccc(Cl)c1N1CCCN(C)CC1. The lowest BCUT2D eigenvalue weighted by Crippen LogP contribution is -2.30. The molecule has 0 atom stereocenters. The lowest BCUT2D eigenvalue weighted by Gasteiger charge is -2.26. The molecule has 1 saturated heterocycles. The third-order valence-corrected chi connectivity index (χ3v) is 3.78. The van der Waals surface area contributed by atoms with Crippen LogP contribution in [-0.4, -0.2) is 45.2 Å². The molecule has 0 aromatic heterocycles. The van der Waals surface area contributed by atoms with E-state index in [9.17, 15) is 0 Å². The van der Waals surface area contributed by atoms with Gasteiger partial charge in [0.05, 0.1) is 10.7 Å². The predicted molar refractivity (Wildman–Crippen MR) is 78.5 cm³/mol. The second-order valence-electron chi connectivity index (χ2n) is 4.92. The highest BCUT2D eigenvalue weighted by molar-refractivity contribution is 6.33. The Labute approximate surface area is 115 Å². The Hall–Kier alpha value is -0.770. The van der Waals surface area contributed by atoms with E-state index in [4.69, 9.17) is 11.6 Å². The predicted octanol–water partition coefficient (Wildman–Crippen LogP) is 2.20. The minimum Gasteiger partial charge on any atom is -0.369 e. The highest BCUT2D eigenvalue weighted by atomic mass is 35.5. The fourth-order valence-electron chi connectivity index (χ4n) is 2.52. The summed E-state index contributed by atoms with van der Waals surface area (Å²) >= 11 is 6.41. The van der Waals surface area contributed by atoms with Crippen molar-refractivity contribution >= 4 is 17.3 Å². The van der Waals surface area contributed by atoms with Crippen LogP contribution in [0.4, 0.5) is 5.69 Å². The smallest absolute Gasteiger partial charge is 0.0642 e. The van der Waals surface area contributed by atoms with Crippen LogP contribution < -0.4 is 10.2 Å². The van der Waals surface area contributed by atoms with Crippen molar-refractivity contribution in [2.45, 2.75) is 13.0 Å². The Morgan fingerprint density at radius 2 is 2.06 bits per heavy atom. The third-order valence-electron chi connectivity index (χ3n) is 3.47. The molecule has 1 fully saturated rings. The van der Waals surface area contributed by atoms with Gasteiger partial charge in [0.15, 0.2) is 0 Å². The number of halogens is 1. The first kappa shape index (κ1) is 13.7. The van der Waals surface area contributed by atoms with Crippen LogP contribution in [-0.2, 0) is 6.54 Å². The zero-order valence-corrected chi connectivity index (χ0v) is 12.0. The van der Waals surface area contributed by atoms with E-state index >= 15 is 0 Å². The van der Waals surface area contributed by atoms with Crippen LogP contribution in [0.1, 0.15) is 12.0 Å². The average molecular weight is 268 g/mol. The van der Waals surface area contributed by atoms with Gasteiger partial charge in [0.25, 0.3) is 0 Å². The zero-order valence-electron chi connectivity index (χ0n) is 11.2. The summed E-state index contributed by atoms with van der Waals surface area (Å²) in [6.07, 6.45) is 1.20. The fourth-order valence-corrected chi connectivity index (χ4v) is 2.83. The second-order valence-corrected chi connectivity index (χ2v) is 5.33. The molecule has 0 radical (unpaired) electrons. The molecule has 1 aliphatic heterocycles. The molecule has 3 nitrogen and oxygen atoms in total. The van der Waals surface area contributed by atoms with E-state index < -0.39 is 0 Å². The summed E-state index contributed by atoms with van der Waals surface area (Å²) < 4.78 is 0. The number of nitrogens with one attached hydrogen (secondary N) is 1. The number of para-hydroxylation sites is 1. The molecule has 4 heteroatoms. The normalized spacial score (nSPS) is 17.8. The fraction of sp³-hybridized carbons (Fsp3) is 0.571. The Balaban J connectivity index is 2.25. The molecule has 100 valence electrons. The Morgan fingerprint density at radius 1 is 1.22 bits per heavy atom.